The maximum Gasteiger partial charge on any atom is 0.338 e. The number of hydrogen-bond acceptors (Lipinski definition) is 4. The minimum atomic E-state index is -0.290. The van der Waals surface area contributed by atoms with Crippen molar-refractivity contribution in [1.82, 2.24) is 5.32 Å². The molecule has 2 unspecified atom stereocenters. The number of carbonyl (C=O) groups excluding carboxylic acids is 1. The quantitative estimate of drug-likeness (QED) is 0.827. The molecule has 1 aromatic rings. The molecular weight excluding hydrogens is 242 g/mol. The van der Waals surface area contributed by atoms with E-state index in [2.05, 4.69) is 12.2 Å². The third-order valence-corrected chi connectivity index (χ3v) is 3.56. The number of nitrogens with one attached hydrogen (secondary N) is 1. The Morgan fingerprint density at radius 2 is 2.32 bits per heavy atom. The number of hydrogen-bond donors (Lipinski definition) is 1. The van der Waals surface area contributed by atoms with Crippen molar-refractivity contribution >= 4 is 5.97 Å². The molecule has 0 spiro atoms. The SMILES string of the molecule is COC(=O)c1ccccc1CNC(C)C1CCCO1. The second-order valence-corrected chi connectivity index (χ2v) is 4.87. The first kappa shape index (κ1) is 14.0. The number of methoxy groups -OCH3 is 1. The van der Waals surface area contributed by atoms with Crippen LogP contribution in [-0.2, 0) is 16.0 Å². The van der Waals surface area contributed by atoms with Gasteiger partial charge in [-0.15, -0.1) is 0 Å². The summed E-state index contributed by atoms with van der Waals surface area (Å²) < 4.78 is 10.4. The second kappa shape index (κ2) is 6.68. The number of ether oxygens (including phenoxy) is 2. The Morgan fingerprint density at radius 3 is 3.00 bits per heavy atom. The van der Waals surface area contributed by atoms with Crippen molar-refractivity contribution in [2.24, 2.45) is 0 Å². The zero-order valence-electron chi connectivity index (χ0n) is 11.5. The van der Waals surface area contributed by atoms with Crippen LogP contribution in [0.4, 0.5) is 0 Å². The number of benzene rings is 1. The summed E-state index contributed by atoms with van der Waals surface area (Å²) in [5.74, 6) is -0.290. The lowest BCUT2D eigenvalue weighted by Crippen LogP contribution is -2.36. The van der Waals surface area contributed by atoms with E-state index in [9.17, 15) is 4.79 Å². The molecule has 0 bridgehead atoms. The minimum absolute atomic E-state index is 0.283. The van der Waals surface area contributed by atoms with Gasteiger partial charge in [-0.2, -0.15) is 0 Å². The fourth-order valence-electron chi connectivity index (χ4n) is 2.38. The van der Waals surface area contributed by atoms with Crippen molar-refractivity contribution in [3.8, 4) is 0 Å². The summed E-state index contributed by atoms with van der Waals surface area (Å²) in [6.45, 7) is 3.62. The summed E-state index contributed by atoms with van der Waals surface area (Å²) in [7, 11) is 1.40. The maximum atomic E-state index is 11.7. The molecule has 2 rings (SSSR count). The summed E-state index contributed by atoms with van der Waals surface area (Å²) in [4.78, 5) is 11.7. The summed E-state index contributed by atoms with van der Waals surface area (Å²) in [6.07, 6.45) is 2.52. The Kier molecular flexibility index (Phi) is 4.93. The predicted octanol–water partition coefficient (Wildman–Crippen LogP) is 2.13. The van der Waals surface area contributed by atoms with Gasteiger partial charge in [0.05, 0.1) is 18.8 Å². The molecule has 4 heteroatoms. The highest BCUT2D eigenvalue weighted by Crippen LogP contribution is 2.16. The number of carbonyl (C=O) groups is 1. The molecule has 1 saturated heterocycles. The van der Waals surface area contributed by atoms with Crippen LogP contribution in [0.25, 0.3) is 0 Å². The molecule has 1 aliphatic rings. The molecule has 0 saturated carbocycles. The van der Waals surface area contributed by atoms with Gasteiger partial charge >= 0.3 is 5.97 Å². The monoisotopic (exact) mass is 263 g/mol. The Morgan fingerprint density at radius 1 is 1.53 bits per heavy atom. The zero-order chi connectivity index (χ0) is 13.7. The van der Waals surface area contributed by atoms with Gasteiger partial charge in [-0.25, -0.2) is 4.79 Å². The van der Waals surface area contributed by atoms with Crippen LogP contribution in [0.1, 0.15) is 35.7 Å². The molecule has 1 aliphatic heterocycles. The van der Waals surface area contributed by atoms with E-state index in [-0.39, 0.29) is 18.1 Å². The molecule has 19 heavy (non-hydrogen) atoms. The smallest absolute Gasteiger partial charge is 0.338 e. The van der Waals surface area contributed by atoms with Gasteiger partial charge in [0.2, 0.25) is 0 Å². The van der Waals surface area contributed by atoms with Crippen LogP contribution in [0.5, 0.6) is 0 Å². The van der Waals surface area contributed by atoms with Crippen LogP contribution in [0, 0.1) is 0 Å². The van der Waals surface area contributed by atoms with Crippen molar-refractivity contribution in [3.63, 3.8) is 0 Å². The molecule has 4 nitrogen and oxygen atoms in total. The fourth-order valence-corrected chi connectivity index (χ4v) is 2.38. The third kappa shape index (κ3) is 3.55. The van der Waals surface area contributed by atoms with E-state index >= 15 is 0 Å². The molecule has 0 radical (unpaired) electrons. The van der Waals surface area contributed by atoms with Gasteiger partial charge in [0, 0.05) is 19.2 Å². The Hall–Kier alpha value is -1.39. The van der Waals surface area contributed by atoms with Crippen LogP contribution in [0.2, 0.25) is 0 Å². The van der Waals surface area contributed by atoms with Gasteiger partial charge < -0.3 is 14.8 Å². The summed E-state index contributed by atoms with van der Waals surface area (Å²) in [5, 5.41) is 3.43. The molecule has 1 heterocycles. The second-order valence-electron chi connectivity index (χ2n) is 4.87. The van der Waals surface area contributed by atoms with E-state index in [0.29, 0.717) is 12.1 Å². The summed E-state index contributed by atoms with van der Waals surface area (Å²) >= 11 is 0. The molecule has 0 aliphatic carbocycles. The molecule has 2 atom stereocenters. The van der Waals surface area contributed by atoms with Crippen LogP contribution < -0.4 is 5.32 Å². The van der Waals surface area contributed by atoms with Gasteiger partial charge in [0.15, 0.2) is 0 Å². The number of esters is 1. The molecule has 1 fully saturated rings. The average Bonchev–Trinajstić information content (AvgIpc) is 2.98. The molecule has 104 valence electrons. The summed E-state index contributed by atoms with van der Waals surface area (Å²) in [5.41, 5.74) is 1.58. The molecule has 1 N–H and O–H groups in total. The van der Waals surface area contributed by atoms with Crippen molar-refractivity contribution in [2.75, 3.05) is 13.7 Å². The highest BCUT2D eigenvalue weighted by atomic mass is 16.5. The third-order valence-electron chi connectivity index (χ3n) is 3.56. The highest BCUT2D eigenvalue weighted by molar-refractivity contribution is 5.90. The molecule has 1 aromatic carbocycles. The first-order valence-electron chi connectivity index (χ1n) is 6.73. The van der Waals surface area contributed by atoms with Crippen molar-refractivity contribution < 1.29 is 14.3 Å². The average molecular weight is 263 g/mol. The van der Waals surface area contributed by atoms with Crippen molar-refractivity contribution in [3.05, 3.63) is 35.4 Å². The molecule has 0 amide bonds. The standard InChI is InChI=1S/C15H21NO3/c1-11(14-8-5-9-19-14)16-10-12-6-3-4-7-13(12)15(17)18-2/h3-4,6-7,11,14,16H,5,8-10H2,1-2H3. The zero-order valence-corrected chi connectivity index (χ0v) is 11.5. The van der Waals surface area contributed by atoms with Crippen LogP contribution >= 0.6 is 0 Å². The number of rotatable bonds is 5. The van der Waals surface area contributed by atoms with Crippen LogP contribution in [0.3, 0.4) is 0 Å². The van der Waals surface area contributed by atoms with E-state index in [4.69, 9.17) is 9.47 Å². The van der Waals surface area contributed by atoms with Gasteiger partial charge in [0.1, 0.15) is 0 Å². The molecule has 0 aromatic heterocycles. The van der Waals surface area contributed by atoms with Gasteiger partial charge in [-0.05, 0) is 31.4 Å². The minimum Gasteiger partial charge on any atom is -0.465 e. The topological polar surface area (TPSA) is 47.6 Å². The van der Waals surface area contributed by atoms with Gasteiger partial charge in [0.25, 0.3) is 0 Å². The largest absolute Gasteiger partial charge is 0.465 e. The predicted molar refractivity (Wildman–Crippen MR) is 73.1 cm³/mol. The summed E-state index contributed by atoms with van der Waals surface area (Å²) in [6, 6.07) is 7.80. The molecular formula is C15H21NO3. The van der Waals surface area contributed by atoms with E-state index in [1.165, 1.54) is 7.11 Å². The fraction of sp³-hybridized carbons (Fsp3) is 0.533. The van der Waals surface area contributed by atoms with Crippen LogP contribution in [0.15, 0.2) is 24.3 Å². The van der Waals surface area contributed by atoms with Gasteiger partial charge in [-0.1, -0.05) is 18.2 Å². The van der Waals surface area contributed by atoms with E-state index in [1.807, 2.05) is 18.2 Å². The van der Waals surface area contributed by atoms with E-state index in [1.54, 1.807) is 6.07 Å². The Bertz CT molecular complexity index is 427. The lowest BCUT2D eigenvalue weighted by Gasteiger charge is -2.20. The van der Waals surface area contributed by atoms with E-state index < -0.39 is 0 Å². The highest BCUT2D eigenvalue weighted by Gasteiger charge is 2.22. The first-order chi connectivity index (χ1) is 9.22. The van der Waals surface area contributed by atoms with Crippen LogP contribution in [-0.4, -0.2) is 31.8 Å². The van der Waals surface area contributed by atoms with Crippen molar-refractivity contribution in [1.29, 1.82) is 0 Å². The van der Waals surface area contributed by atoms with Gasteiger partial charge in [-0.3, -0.25) is 0 Å². The Labute approximate surface area is 114 Å². The Balaban J connectivity index is 1.97. The van der Waals surface area contributed by atoms with Crippen molar-refractivity contribution in [2.45, 2.75) is 38.5 Å². The lowest BCUT2D eigenvalue weighted by molar-refractivity contribution is 0.0598. The lowest BCUT2D eigenvalue weighted by atomic mass is 10.1. The first-order valence-corrected chi connectivity index (χ1v) is 6.73. The normalized spacial score (nSPS) is 20.2. The maximum absolute atomic E-state index is 11.7. The van der Waals surface area contributed by atoms with E-state index in [0.717, 1.165) is 25.0 Å².